The van der Waals surface area contributed by atoms with Crippen LogP contribution in [-0.2, 0) is 4.79 Å². The lowest BCUT2D eigenvalue weighted by Gasteiger charge is -2.11. The molecule has 0 bridgehead atoms. The Hall–Kier alpha value is -2.17. The van der Waals surface area contributed by atoms with Crippen LogP contribution in [0.1, 0.15) is 24.8 Å². The number of aromatic amines is 1. The summed E-state index contributed by atoms with van der Waals surface area (Å²) in [4.78, 5) is 11.7. The van der Waals surface area contributed by atoms with E-state index < -0.39 is 0 Å². The van der Waals surface area contributed by atoms with Crippen LogP contribution in [0.2, 0.25) is 0 Å². The SMILES string of the molecule is C[C@H](CC(=O)Nc1ccn[nH]1)c1ccc(F)cc1. The van der Waals surface area contributed by atoms with Gasteiger partial charge in [0.15, 0.2) is 0 Å². The van der Waals surface area contributed by atoms with E-state index in [1.54, 1.807) is 24.4 Å². The number of rotatable bonds is 4. The highest BCUT2D eigenvalue weighted by Crippen LogP contribution is 2.19. The second-order valence-electron chi connectivity index (χ2n) is 4.18. The monoisotopic (exact) mass is 247 g/mol. The topological polar surface area (TPSA) is 57.8 Å². The molecule has 2 aromatic rings. The van der Waals surface area contributed by atoms with Crippen molar-refractivity contribution >= 4 is 11.7 Å². The largest absolute Gasteiger partial charge is 0.311 e. The third-order valence-corrected chi connectivity index (χ3v) is 2.71. The fourth-order valence-electron chi connectivity index (χ4n) is 1.71. The van der Waals surface area contributed by atoms with E-state index in [2.05, 4.69) is 15.5 Å². The molecule has 4 nitrogen and oxygen atoms in total. The highest BCUT2D eigenvalue weighted by molar-refractivity contribution is 5.90. The van der Waals surface area contributed by atoms with Crippen molar-refractivity contribution in [2.45, 2.75) is 19.3 Å². The average Bonchev–Trinajstić information content (AvgIpc) is 2.82. The van der Waals surface area contributed by atoms with Gasteiger partial charge in [0.05, 0.1) is 6.20 Å². The molecule has 94 valence electrons. The number of benzene rings is 1. The Balaban J connectivity index is 1.92. The van der Waals surface area contributed by atoms with Gasteiger partial charge < -0.3 is 5.32 Å². The Morgan fingerprint density at radius 3 is 2.72 bits per heavy atom. The summed E-state index contributed by atoms with van der Waals surface area (Å²) in [6.45, 7) is 1.93. The Kier molecular flexibility index (Phi) is 3.72. The zero-order valence-electron chi connectivity index (χ0n) is 9.98. The minimum absolute atomic E-state index is 0.0357. The summed E-state index contributed by atoms with van der Waals surface area (Å²) in [6, 6.07) is 7.88. The van der Waals surface area contributed by atoms with Crippen LogP contribution >= 0.6 is 0 Å². The molecule has 0 aliphatic heterocycles. The van der Waals surface area contributed by atoms with Crippen LogP contribution in [0.25, 0.3) is 0 Å². The molecule has 18 heavy (non-hydrogen) atoms. The van der Waals surface area contributed by atoms with Crippen molar-refractivity contribution in [3.8, 4) is 0 Å². The molecular weight excluding hydrogens is 233 g/mol. The van der Waals surface area contributed by atoms with E-state index in [1.807, 2.05) is 6.92 Å². The molecule has 0 spiro atoms. The zero-order chi connectivity index (χ0) is 13.0. The minimum Gasteiger partial charge on any atom is -0.311 e. The van der Waals surface area contributed by atoms with Gasteiger partial charge in [-0.25, -0.2) is 4.39 Å². The van der Waals surface area contributed by atoms with Crippen molar-refractivity contribution in [1.82, 2.24) is 10.2 Å². The van der Waals surface area contributed by atoms with E-state index in [4.69, 9.17) is 0 Å². The fraction of sp³-hybridized carbons (Fsp3) is 0.231. The molecule has 0 fully saturated rings. The van der Waals surface area contributed by atoms with E-state index in [0.29, 0.717) is 12.2 Å². The first-order chi connectivity index (χ1) is 8.65. The van der Waals surface area contributed by atoms with Gasteiger partial charge in [0.25, 0.3) is 0 Å². The van der Waals surface area contributed by atoms with Crippen molar-refractivity contribution in [2.75, 3.05) is 5.32 Å². The summed E-state index contributed by atoms with van der Waals surface area (Å²) in [5, 5.41) is 9.10. The number of anilines is 1. The molecule has 0 saturated carbocycles. The smallest absolute Gasteiger partial charge is 0.226 e. The summed E-state index contributed by atoms with van der Waals surface area (Å²) in [6.07, 6.45) is 1.91. The Morgan fingerprint density at radius 2 is 2.11 bits per heavy atom. The number of carbonyl (C=O) groups excluding carboxylic acids is 1. The summed E-state index contributed by atoms with van der Waals surface area (Å²) in [5.41, 5.74) is 0.941. The first kappa shape index (κ1) is 12.3. The Bertz CT molecular complexity index is 508. The maximum Gasteiger partial charge on any atom is 0.226 e. The second kappa shape index (κ2) is 5.44. The summed E-state index contributed by atoms with van der Waals surface area (Å²) >= 11 is 0. The molecule has 1 aromatic carbocycles. The van der Waals surface area contributed by atoms with Gasteiger partial charge in [-0.3, -0.25) is 9.89 Å². The number of H-pyrrole nitrogens is 1. The second-order valence-corrected chi connectivity index (χ2v) is 4.18. The van der Waals surface area contributed by atoms with Crippen LogP contribution in [0.15, 0.2) is 36.5 Å². The number of hydrogen-bond acceptors (Lipinski definition) is 2. The van der Waals surface area contributed by atoms with Gasteiger partial charge >= 0.3 is 0 Å². The van der Waals surface area contributed by atoms with Crippen molar-refractivity contribution in [1.29, 1.82) is 0 Å². The van der Waals surface area contributed by atoms with Gasteiger partial charge in [0.2, 0.25) is 5.91 Å². The van der Waals surface area contributed by atoms with Crippen LogP contribution in [0.3, 0.4) is 0 Å². The minimum atomic E-state index is -0.270. The molecule has 1 heterocycles. The molecule has 5 heteroatoms. The maximum absolute atomic E-state index is 12.8. The van der Waals surface area contributed by atoms with Crippen molar-refractivity contribution in [2.24, 2.45) is 0 Å². The predicted molar refractivity (Wildman–Crippen MR) is 66.6 cm³/mol. The Morgan fingerprint density at radius 1 is 1.39 bits per heavy atom. The lowest BCUT2D eigenvalue weighted by molar-refractivity contribution is -0.116. The predicted octanol–water partition coefficient (Wildman–Crippen LogP) is 2.68. The van der Waals surface area contributed by atoms with Gasteiger partial charge in [-0.2, -0.15) is 5.10 Å². The normalized spacial score (nSPS) is 12.1. The highest BCUT2D eigenvalue weighted by Gasteiger charge is 2.11. The molecule has 0 aliphatic rings. The molecule has 2 N–H and O–H groups in total. The molecule has 0 saturated heterocycles. The van der Waals surface area contributed by atoms with Crippen molar-refractivity contribution in [3.63, 3.8) is 0 Å². The van der Waals surface area contributed by atoms with E-state index >= 15 is 0 Å². The third-order valence-electron chi connectivity index (χ3n) is 2.71. The Labute approximate surface area is 104 Å². The van der Waals surface area contributed by atoms with Gasteiger partial charge in [-0.15, -0.1) is 0 Å². The molecular formula is C13H14FN3O. The average molecular weight is 247 g/mol. The first-order valence-corrected chi connectivity index (χ1v) is 5.70. The number of halogens is 1. The molecule has 2 rings (SSSR count). The molecule has 0 aliphatic carbocycles. The lowest BCUT2D eigenvalue weighted by Crippen LogP contribution is -2.14. The molecule has 1 atom stereocenters. The van der Waals surface area contributed by atoms with E-state index in [9.17, 15) is 9.18 Å². The number of amides is 1. The van der Waals surface area contributed by atoms with E-state index in [-0.39, 0.29) is 17.6 Å². The summed E-state index contributed by atoms with van der Waals surface area (Å²) in [7, 11) is 0. The summed E-state index contributed by atoms with van der Waals surface area (Å²) < 4.78 is 12.8. The third kappa shape index (κ3) is 3.16. The number of nitrogens with one attached hydrogen (secondary N) is 2. The standard InChI is InChI=1S/C13H14FN3O/c1-9(10-2-4-11(14)5-3-10)8-13(18)16-12-6-7-15-17-12/h2-7,9H,8H2,1H3,(H2,15,16,17,18)/t9-/m1/s1. The lowest BCUT2D eigenvalue weighted by atomic mass is 9.97. The number of hydrogen-bond donors (Lipinski definition) is 2. The van der Waals surface area contributed by atoms with E-state index in [0.717, 1.165) is 5.56 Å². The van der Waals surface area contributed by atoms with Crippen LogP contribution in [0, 0.1) is 5.82 Å². The van der Waals surface area contributed by atoms with Gasteiger partial charge in [0, 0.05) is 12.5 Å². The van der Waals surface area contributed by atoms with Gasteiger partial charge in [-0.05, 0) is 23.6 Å². The van der Waals surface area contributed by atoms with Crippen LogP contribution in [0.4, 0.5) is 10.2 Å². The van der Waals surface area contributed by atoms with Crippen molar-refractivity contribution in [3.05, 3.63) is 47.9 Å². The first-order valence-electron chi connectivity index (χ1n) is 5.70. The number of aromatic nitrogens is 2. The molecule has 0 radical (unpaired) electrons. The van der Waals surface area contributed by atoms with Gasteiger partial charge in [-0.1, -0.05) is 19.1 Å². The maximum atomic E-state index is 12.8. The van der Waals surface area contributed by atoms with Crippen LogP contribution in [-0.4, -0.2) is 16.1 Å². The highest BCUT2D eigenvalue weighted by atomic mass is 19.1. The number of nitrogens with zero attached hydrogens (tertiary/aromatic N) is 1. The molecule has 0 unspecified atom stereocenters. The fourth-order valence-corrected chi connectivity index (χ4v) is 1.71. The summed E-state index contributed by atoms with van der Waals surface area (Å²) in [5.74, 6) is 0.240. The molecule has 1 aromatic heterocycles. The zero-order valence-corrected chi connectivity index (χ0v) is 9.98. The van der Waals surface area contributed by atoms with Crippen molar-refractivity contribution < 1.29 is 9.18 Å². The van der Waals surface area contributed by atoms with E-state index in [1.165, 1.54) is 12.1 Å². The molecule has 1 amide bonds. The van der Waals surface area contributed by atoms with Crippen LogP contribution in [0.5, 0.6) is 0 Å². The van der Waals surface area contributed by atoms with Crippen LogP contribution < -0.4 is 5.32 Å². The number of carbonyl (C=O) groups is 1. The quantitative estimate of drug-likeness (QED) is 0.872. The van der Waals surface area contributed by atoms with Gasteiger partial charge in [0.1, 0.15) is 11.6 Å².